The van der Waals surface area contributed by atoms with Crippen molar-refractivity contribution in [3.63, 3.8) is 0 Å². The molecule has 1 aromatic carbocycles. The van der Waals surface area contributed by atoms with Gasteiger partial charge in [0.1, 0.15) is 17.1 Å². The van der Waals surface area contributed by atoms with Crippen LogP contribution in [0.25, 0.3) is 0 Å². The number of likely N-dealkylation sites (tertiary alicyclic amines) is 1. The molecule has 0 aliphatic carbocycles. The topological polar surface area (TPSA) is 48.0 Å². The first-order valence-corrected chi connectivity index (χ1v) is 7.58. The minimum Gasteiger partial charge on any atom is -0.496 e. The van der Waals surface area contributed by atoms with Crippen LogP contribution in [0.1, 0.15) is 45.2 Å². The highest BCUT2D eigenvalue weighted by Crippen LogP contribution is 2.42. The van der Waals surface area contributed by atoms with Crippen LogP contribution in [0.15, 0.2) is 18.2 Å². The summed E-state index contributed by atoms with van der Waals surface area (Å²) in [5.74, 6) is 1.47. The summed E-state index contributed by atoms with van der Waals surface area (Å²) in [6.07, 6.45) is 1.52. The van der Waals surface area contributed by atoms with Gasteiger partial charge >= 0.3 is 6.09 Å². The maximum Gasteiger partial charge on any atom is 0.410 e. The third-order valence-electron chi connectivity index (χ3n) is 3.68. The van der Waals surface area contributed by atoms with Gasteiger partial charge in [0.25, 0.3) is 0 Å². The molecule has 1 fully saturated rings. The van der Waals surface area contributed by atoms with Crippen LogP contribution < -0.4 is 9.47 Å². The van der Waals surface area contributed by atoms with Crippen LogP contribution in [0.2, 0.25) is 0 Å². The quantitative estimate of drug-likeness (QED) is 0.852. The molecular formula is C17H25NO4. The summed E-state index contributed by atoms with van der Waals surface area (Å²) < 4.78 is 16.5. The van der Waals surface area contributed by atoms with Crippen LogP contribution in [-0.4, -0.2) is 37.4 Å². The first-order valence-electron chi connectivity index (χ1n) is 7.58. The molecule has 1 heterocycles. The highest BCUT2D eigenvalue weighted by Gasteiger charge is 2.36. The van der Waals surface area contributed by atoms with Crippen molar-refractivity contribution >= 4 is 6.09 Å². The second kappa shape index (κ2) is 6.46. The van der Waals surface area contributed by atoms with E-state index in [2.05, 4.69) is 0 Å². The van der Waals surface area contributed by atoms with Crippen LogP contribution in [-0.2, 0) is 4.74 Å². The van der Waals surface area contributed by atoms with Gasteiger partial charge in [0, 0.05) is 6.54 Å². The minimum atomic E-state index is -0.505. The van der Waals surface area contributed by atoms with Gasteiger partial charge in [-0.3, -0.25) is 0 Å². The number of amides is 1. The van der Waals surface area contributed by atoms with Crippen molar-refractivity contribution in [3.8, 4) is 11.5 Å². The summed E-state index contributed by atoms with van der Waals surface area (Å²) in [4.78, 5) is 14.2. The molecule has 1 saturated heterocycles. The Morgan fingerprint density at radius 2 is 1.77 bits per heavy atom. The molecular weight excluding hydrogens is 282 g/mol. The molecule has 1 amide bonds. The fourth-order valence-electron chi connectivity index (χ4n) is 2.81. The molecule has 0 saturated carbocycles. The second-order valence-corrected chi connectivity index (χ2v) is 6.41. The smallest absolute Gasteiger partial charge is 0.410 e. The van der Waals surface area contributed by atoms with Crippen molar-refractivity contribution in [1.82, 2.24) is 4.90 Å². The van der Waals surface area contributed by atoms with Gasteiger partial charge in [-0.2, -0.15) is 0 Å². The summed E-state index contributed by atoms with van der Waals surface area (Å²) in [5, 5.41) is 0. The zero-order valence-corrected chi connectivity index (χ0v) is 14.0. The summed E-state index contributed by atoms with van der Waals surface area (Å²) in [7, 11) is 3.26. The zero-order chi connectivity index (χ0) is 16.3. The maximum atomic E-state index is 12.5. The van der Waals surface area contributed by atoms with Gasteiger partial charge in [-0.25, -0.2) is 4.79 Å². The predicted molar refractivity (Wildman–Crippen MR) is 84.5 cm³/mol. The van der Waals surface area contributed by atoms with Crippen molar-refractivity contribution < 1.29 is 19.0 Å². The third-order valence-corrected chi connectivity index (χ3v) is 3.68. The number of hydrogen-bond donors (Lipinski definition) is 0. The fraction of sp³-hybridized carbons (Fsp3) is 0.588. The molecule has 0 N–H and O–H groups in total. The van der Waals surface area contributed by atoms with E-state index in [1.807, 2.05) is 39.0 Å². The van der Waals surface area contributed by atoms with Crippen LogP contribution >= 0.6 is 0 Å². The average Bonchev–Trinajstić information content (AvgIpc) is 2.93. The highest BCUT2D eigenvalue weighted by molar-refractivity contribution is 5.70. The molecule has 2 rings (SSSR count). The van der Waals surface area contributed by atoms with Crippen LogP contribution in [0.4, 0.5) is 4.79 Å². The molecule has 1 aliphatic rings. The fourth-order valence-corrected chi connectivity index (χ4v) is 2.81. The Labute approximate surface area is 132 Å². The molecule has 122 valence electrons. The van der Waals surface area contributed by atoms with E-state index in [0.29, 0.717) is 6.54 Å². The van der Waals surface area contributed by atoms with Crippen molar-refractivity contribution in [1.29, 1.82) is 0 Å². The van der Waals surface area contributed by atoms with Crippen LogP contribution in [0, 0.1) is 0 Å². The van der Waals surface area contributed by atoms with Crippen LogP contribution in [0.5, 0.6) is 11.5 Å². The number of methoxy groups -OCH3 is 2. The molecule has 0 bridgehead atoms. The van der Waals surface area contributed by atoms with E-state index in [0.717, 1.165) is 29.9 Å². The molecule has 22 heavy (non-hydrogen) atoms. The normalized spacial score (nSPS) is 18.2. The third kappa shape index (κ3) is 3.46. The van der Waals surface area contributed by atoms with E-state index in [9.17, 15) is 4.79 Å². The number of carbonyl (C=O) groups excluding carboxylic acids is 1. The van der Waals surface area contributed by atoms with Crippen LogP contribution in [0.3, 0.4) is 0 Å². The summed E-state index contributed by atoms with van der Waals surface area (Å²) >= 11 is 0. The number of carbonyl (C=O) groups is 1. The van der Waals surface area contributed by atoms with E-state index in [1.54, 1.807) is 19.1 Å². The van der Waals surface area contributed by atoms with Gasteiger partial charge in [-0.1, -0.05) is 6.07 Å². The number of hydrogen-bond acceptors (Lipinski definition) is 4. The van der Waals surface area contributed by atoms with E-state index >= 15 is 0 Å². The van der Waals surface area contributed by atoms with Crippen molar-refractivity contribution in [2.45, 2.75) is 45.3 Å². The lowest BCUT2D eigenvalue weighted by molar-refractivity contribution is 0.0221. The lowest BCUT2D eigenvalue weighted by atomic mass is 10.0. The lowest BCUT2D eigenvalue weighted by Crippen LogP contribution is -2.36. The molecule has 5 heteroatoms. The average molecular weight is 307 g/mol. The summed E-state index contributed by atoms with van der Waals surface area (Å²) in [6, 6.07) is 5.59. The Kier molecular flexibility index (Phi) is 4.84. The standard InChI is InChI=1S/C17H25NO4/c1-17(2,3)22-16(19)18-11-7-8-12(18)15-13(20-4)9-6-10-14(15)21-5/h6,9-10,12H,7-8,11H2,1-5H3/t12-/m1/s1. The second-order valence-electron chi connectivity index (χ2n) is 6.41. The van der Waals surface area contributed by atoms with Crippen molar-refractivity contribution in [3.05, 3.63) is 23.8 Å². The van der Waals surface area contributed by atoms with E-state index in [1.165, 1.54) is 0 Å². The Balaban J connectivity index is 2.33. The van der Waals surface area contributed by atoms with Gasteiger partial charge in [-0.05, 0) is 45.7 Å². The Hall–Kier alpha value is -1.91. The number of nitrogens with zero attached hydrogens (tertiary/aromatic N) is 1. The van der Waals surface area contributed by atoms with E-state index < -0.39 is 5.60 Å². The first kappa shape index (κ1) is 16.5. The number of rotatable bonds is 3. The summed E-state index contributed by atoms with van der Waals surface area (Å²) in [5.41, 5.74) is 0.408. The number of ether oxygens (including phenoxy) is 3. The maximum absolute atomic E-state index is 12.5. The molecule has 1 aliphatic heterocycles. The SMILES string of the molecule is COc1cccc(OC)c1[C@H]1CCCN1C(=O)OC(C)(C)C. The molecule has 0 unspecified atom stereocenters. The first-order chi connectivity index (χ1) is 10.4. The van der Waals surface area contributed by atoms with E-state index in [-0.39, 0.29) is 12.1 Å². The van der Waals surface area contributed by atoms with Gasteiger partial charge in [0.05, 0.1) is 25.8 Å². The minimum absolute atomic E-state index is 0.0825. The monoisotopic (exact) mass is 307 g/mol. The van der Waals surface area contributed by atoms with Gasteiger partial charge in [-0.15, -0.1) is 0 Å². The highest BCUT2D eigenvalue weighted by atomic mass is 16.6. The number of benzene rings is 1. The summed E-state index contributed by atoms with van der Waals surface area (Å²) in [6.45, 7) is 6.31. The Bertz CT molecular complexity index is 514. The molecule has 0 spiro atoms. The Morgan fingerprint density at radius 1 is 1.18 bits per heavy atom. The Morgan fingerprint density at radius 3 is 2.27 bits per heavy atom. The predicted octanol–water partition coefficient (Wildman–Crippen LogP) is 3.78. The molecule has 0 radical (unpaired) electrons. The molecule has 1 aromatic rings. The van der Waals surface area contributed by atoms with E-state index in [4.69, 9.17) is 14.2 Å². The lowest BCUT2D eigenvalue weighted by Gasteiger charge is -2.30. The van der Waals surface area contributed by atoms with Gasteiger partial charge in [0.15, 0.2) is 0 Å². The van der Waals surface area contributed by atoms with Gasteiger partial charge in [0.2, 0.25) is 0 Å². The van der Waals surface area contributed by atoms with Gasteiger partial charge < -0.3 is 19.1 Å². The molecule has 1 atom stereocenters. The van der Waals surface area contributed by atoms with Crippen molar-refractivity contribution in [2.75, 3.05) is 20.8 Å². The zero-order valence-electron chi connectivity index (χ0n) is 14.0. The largest absolute Gasteiger partial charge is 0.496 e. The molecule has 0 aromatic heterocycles. The molecule has 5 nitrogen and oxygen atoms in total. The van der Waals surface area contributed by atoms with Crippen molar-refractivity contribution in [2.24, 2.45) is 0 Å².